The first-order valence-electron chi connectivity index (χ1n) is 6.39. The first-order valence-corrected chi connectivity index (χ1v) is 8.28. The number of rotatable bonds is 3. The van der Waals surface area contributed by atoms with Gasteiger partial charge in [0.2, 0.25) is 0 Å². The molecule has 0 heterocycles. The van der Waals surface area contributed by atoms with Crippen LogP contribution in [-0.4, -0.2) is 20.5 Å². The van der Waals surface area contributed by atoms with Crippen LogP contribution in [0.1, 0.15) is 11.1 Å². The molecule has 0 aliphatic carbocycles. The van der Waals surface area contributed by atoms with E-state index in [1.165, 1.54) is 36.4 Å². The van der Waals surface area contributed by atoms with Crippen molar-refractivity contribution in [2.75, 3.05) is 6.26 Å². The molecule has 8 heteroatoms. The zero-order valence-electron chi connectivity index (χ0n) is 12.0. The number of alkyl halides is 3. The van der Waals surface area contributed by atoms with Crippen LogP contribution in [0.3, 0.4) is 0 Å². The van der Waals surface area contributed by atoms with E-state index in [9.17, 15) is 21.6 Å². The summed E-state index contributed by atoms with van der Waals surface area (Å²) in [5.41, 5.74) is 5.72. The topological polar surface area (TPSA) is 72.5 Å². The summed E-state index contributed by atoms with van der Waals surface area (Å²) in [6, 6.07) is 10.00. The Morgan fingerprint density at radius 2 is 1.52 bits per heavy atom. The molecule has 0 atom stereocenters. The van der Waals surface area contributed by atoms with Gasteiger partial charge in [-0.2, -0.15) is 13.2 Å². The molecule has 2 aromatic carbocycles. The first kappa shape index (κ1) is 17.0. The van der Waals surface area contributed by atoms with Crippen molar-refractivity contribution >= 4 is 21.4 Å². The van der Waals surface area contributed by atoms with E-state index in [1.807, 2.05) is 0 Å². The number of halogens is 3. The Morgan fingerprint density at radius 3 is 1.96 bits per heavy atom. The number of hydrogen-bond acceptors (Lipinski definition) is 3. The van der Waals surface area contributed by atoms with E-state index in [0.717, 1.165) is 18.4 Å². The minimum atomic E-state index is -4.41. The Morgan fingerprint density at radius 1 is 1.00 bits per heavy atom. The van der Waals surface area contributed by atoms with Crippen LogP contribution in [0, 0.1) is 0 Å². The molecule has 0 unspecified atom stereocenters. The Hall–Kier alpha value is -2.35. The molecule has 0 aliphatic rings. The van der Waals surface area contributed by atoms with E-state index in [4.69, 9.17) is 5.73 Å². The van der Waals surface area contributed by atoms with Crippen molar-refractivity contribution in [2.24, 2.45) is 10.7 Å². The van der Waals surface area contributed by atoms with Crippen LogP contribution in [0.5, 0.6) is 0 Å². The van der Waals surface area contributed by atoms with Crippen molar-refractivity contribution in [1.82, 2.24) is 0 Å². The molecule has 0 fully saturated rings. The summed E-state index contributed by atoms with van der Waals surface area (Å²) in [6.07, 6.45) is -3.33. The molecule has 4 nitrogen and oxygen atoms in total. The van der Waals surface area contributed by atoms with Crippen molar-refractivity contribution in [3.8, 4) is 0 Å². The Kier molecular flexibility index (Phi) is 4.46. The van der Waals surface area contributed by atoms with Gasteiger partial charge in [-0.3, -0.25) is 0 Å². The van der Waals surface area contributed by atoms with E-state index in [0.29, 0.717) is 11.3 Å². The number of amidine groups is 1. The van der Waals surface area contributed by atoms with Crippen LogP contribution in [0.15, 0.2) is 58.4 Å². The van der Waals surface area contributed by atoms with Gasteiger partial charge < -0.3 is 5.73 Å². The highest BCUT2D eigenvalue weighted by molar-refractivity contribution is 7.90. The van der Waals surface area contributed by atoms with E-state index in [-0.39, 0.29) is 10.7 Å². The fourth-order valence-corrected chi connectivity index (χ4v) is 2.43. The lowest BCUT2D eigenvalue weighted by Crippen LogP contribution is -2.13. The van der Waals surface area contributed by atoms with Gasteiger partial charge in [-0.25, -0.2) is 13.4 Å². The molecule has 0 saturated carbocycles. The maximum Gasteiger partial charge on any atom is 0.416 e. The number of hydrogen-bond donors (Lipinski definition) is 1. The minimum Gasteiger partial charge on any atom is -0.383 e. The second-order valence-electron chi connectivity index (χ2n) is 4.84. The molecule has 0 aliphatic heterocycles. The smallest absolute Gasteiger partial charge is 0.383 e. The van der Waals surface area contributed by atoms with Crippen molar-refractivity contribution in [2.45, 2.75) is 11.1 Å². The van der Waals surface area contributed by atoms with E-state index >= 15 is 0 Å². The van der Waals surface area contributed by atoms with E-state index in [2.05, 4.69) is 4.99 Å². The Balaban J connectivity index is 2.26. The minimum absolute atomic E-state index is 0.0332. The number of sulfone groups is 1. The summed E-state index contributed by atoms with van der Waals surface area (Å²) in [7, 11) is -3.31. The number of nitrogens with zero attached hydrogens (tertiary/aromatic N) is 1. The highest BCUT2D eigenvalue weighted by atomic mass is 32.2. The molecule has 0 aromatic heterocycles. The fourth-order valence-electron chi connectivity index (χ4n) is 1.80. The van der Waals surface area contributed by atoms with Crippen molar-refractivity contribution in [3.63, 3.8) is 0 Å². The van der Waals surface area contributed by atoms with Crippen LogP contribution in [0.4, 0.5) is 18.9 Å². The third-order valence-electron chi connectivity index (χ3n) is 3.02. The lowest BCUT2D eigenvalue weighted by atomic mass is 10.1. The summed E-state index contributed by atoms with van der Waals surface area (Å²) < 4.78 is 60.2. The number of benzene rings is 2. The quantitative estimate of drug-likeness (QED) is 0.688. The molecule has 2 aromatic rings. The third-order valence-corrected chi connectivity index (χ3v) is 4.15. The standard InChI is InChI=1S/C15H13F3N2O2S/c1-23(21,22)13-8-6-12(7-9-13)20-14(19)10-2-4-11(5-3-10)15(16,17)18/h2-9H,1H3,(H2,19,20). The average molecular weight is 342 g/mol. The summed E-state index contributed by atoms with van der Waals surface area (Å²) in [5.74, 6) is 0.0332. The normalized spacial score (nSPS) is 13.1. The van der Waals surface area contributed by atoms with Gasteiger partial charge in [0.15, 0.2) is 9.84 Å². The molecule has 0 bridgehead atoms. The summed E-state index contributed by atoms with van der Waals surface area (Å²) in [5, 5.41) is 0. The van der Waals surface area contributed by atoms with Crippen molar-refractivity contribution in [1.29, 1.82) is 0 Å². The molecular weight excluding hydrogens is 329 g/mol. The summed E-state index contributed by atoms with van der Waals surface area (Å²) in [4.78, 5) is 4.21. The van der Waals surface area contributed by atoms with Crippen molar-refractivity contribution < 1.29 is 21.6 Å². The molecule has 0 spiro atoms. The lowest BCUT2D eigenvalue weighted by Gasteiger charge is -2.07. The Labute approximate surface area is 131 Å². The van der Waals surface area contributed by atoms with Gasteiger partial charge in [0.25, 0.3) is 0 Å². The van der Waals surface area contributed by atoms with Crippen LogP contribution in [0.2, 0.25) is 0 Å². The third kappa shape index (κ3) is 4.32. The zero-order chi connectivity index (χ0) is 17.3. The predicted molar refractivity (Wildman–Crippen MR) is 81.4 cm³/mol. The fraction of sp³-hybridized carbons (Fsp3) is 0.133. The van der Waals surface area contributed by atoms with Gasteiger partial charge >= 0.3 is 6.18 Å². The second-order valence-corrected chi connectivity index (χ2v) is 6.85. The largest absolute Gasteiger partial charge is 0.416 e. The van der Waals surface area contributed by atoms with Crippen LogP contribution < -0.4 is 5.73 Å². The van der Waals surface area contributed by atoms with Gasteiger partial charge in [0.05, 0.1) is 16.1 Å². The molecule has 2 rings (SSSR count). The van der Waals surface area contributed by atoms with Gasteiger partial charge in [0, 0.05) is 11.8 Å². The van der Waals surface area contributed by atoms with Gasteiger partial charge in [0.1, 0.15) is 5.84 Å². The van der Waals surface area contributed by atoms with Gasteiger partial charge in [-0.05, 0) is 36.4 Å². The van der Waals surface area contributed by atoms with E-state index in [1.54, 1.807) is 0 Å². The van der Waals surface area contributed by atoms with Gasteiger partial charge in [-0.15, -0.1) is 0 Å². The van der Waals surface area contributed by atoms with E-state index < -0.39 is 21.6 Å². The monoisotopic (exact) mass is 342 g/mol. The number of nitrogens with two attached hydrogens (primary N) is 1. The Bertz CT molecular complexity index is 825. The first-order chi connectivity index (χ1) is 10.6. The molecule has 122 valence electrons. The maximum atomic E-state index is 12.5. The highest BCUT2D eigenvalue weighted by Gasteiger charge is 2.30. The molecule has 0 amide bonds. The zero-order valence-corrected chi connectivity index (χ0v) is 12.8. The molecule has 0 saturated heterocycles. The van der Waals surface area contributed by atoms with Gasteiger partial charge in [-0.1, -0.05) is 12.1 Å². The van der Waals surface area contributed by atoms with Crippen LogP contribution in [0.25, 0.3) is 0 Å². The number of aliphatic imine (C=N–C) groups is 1. The average Bonchev–Trinajstić information content (AvgIpc) is 2.46. The van der Waals surface area contributed by atoms with Crippen LogP contribution in [-0.2, 0) is 16.0 Å². The molecule has 23 heavy (non-hydrogen) atoms. The van der Waals surface area contributed by atoms with Crippen LogP contribution >= 0.6 is 0 Å². The lowest BCUT2D eigenvalue weighted by molar-refractivity contribution is -0.137. The SMILES string of the molecule is CS(=O)(=O)c1ccc(N=C(N)c2ccc(C(F)(F)F)cc2)cc1. The van der Waals surface area contributed by atoms with Crippen molar-refractivity contribution in [3.05, 3.63) is 59.7 Å². The molecule has 2 N–H and O–H groups in total. The maximum absolute atomic E-state index is 12.5. The summed E-state index contributed by atoms with van der Waals surface area (Å²) in [6.45, 7) is 0. The highest BCUT2D eigenvalue weighted by Crippen LogP contribution is 2.29. The summed E-state index contributed by atoms with van der Waals surface area (Å²) >= 11 is 0. The molecule has 0 radical (unpaired) electrons. The second kappa shape index (κ2) is 6.04. The molecular formula is C15H13F3N2O2S. The predicted octanol–water partition coefficient (Wildman–Crippen LogP) is 3.15.